The minimum absolute atomic E-state index is 0. The normalized spacial score (nSPS) is 22.3. The third-order valence-electron chi connectivity index (χ3n) is 4.31. The Balaban J connectivity index is 0.00000243. The van der Waals surface area contributed by atoms with Crippen molar-refractivity contribution in [2.24, 2.45) is 0 Å². The van der Waals surface area contributed by atoms with Gasteiger partial charge in [-0.2, -0.15) is 0 Å². The summed E-state index contributed by atoms with van der Waals surface area (Å²) in [5.74, 6) is -2.44. The zero-order valence-electron chi connectivity index (χ0n) is 14.1. The molecule has 138 valence electrons. The van der Waals surface area contributed by atoms with E-state index in [9.17, 15) is 19.2 Å². The molecule has 2 N–H and O–H groups in total. The number of likely N-dealkylation sites (tertiary alicyclic amines) is 1. The molecule has 0 bridgehead atoms. The number of hydrogen-bond acceptors (Lipinski definition) is 5. The van der Waals surface area contributed by atoms with Crippen molar-refractivity contribution in [2.75, 3.05) is 7.11 Å². The number of methoxy groups -OCH3 is 1. The van der Waals surface area contributed by atoms with E-state index >= 15 is 0 Å². The first-order chi connectivity index (χ1) is 11.8. The molecule has 1 aromatic rings. The van der Waals surface area contributed by atoms with Crippen LogP contribution in [0.3, 0.4) is 0 Å². The fourth-order valence-corrected chi connectivity index (χ4v) is 3.52. The number of rotatable bonds is 4. The zero-order valence-corrected chi connectivity index (χ0v) is 14.8. The first-order valence-electron chi connectivity index (χ1n) is 7.47. The van der Waals surface area contributed by atoms with Crippen LogP contribution >= 0.6 is 11.6 Å². The molecule has 2 heterocycles. The molecule has 3 rings (SSSR count). The maximum atomic E-state index is 12.6. The second-order valence-corrected chi connectivity index (χ2v) is 6.31. The Morgan fingerprint density at radius 2 is 1.69 bits per heavy atom. The minimum atomic E-state index is -1.17. The van der Waals surface area contributed by atoms with Gasteiger partial charge in [0.15, 0.2) is 12.1 Å². The predicted molar refractivity (Wildman–Crippen MR) is 91.4 cm³/mol. The topological polar surface area (TPSA) is 115 Å². The molecule has 26 heavy (non-hydrogen) atoms. The molecule has 0 saturated carbocycles. The monoisotopic (exact) mass is 380 g/mol. The Hall–Kier alpha value is -2.71. The lowest BCUT2D eigenvalue weighted by Gasteiger charge is -2.49. The van der Waals surface area contributed by atoms with Gasteiger partial charge in [-0.05, 0) is 24.6 Å². The third kappa shape index (κ3) is 2.58. The highest BCUT2D eigenvalue weighted by Crippen LogP contribution is 2.36. The number of benzene rings is 1. The van der Waals surface area contributed by atoms with Gasteiger partial charge in [0.1, 0.15) is 5.50 Å². The van der Waals surface area contributed by atoms with E-state index in [0.717, 1.165) is 9.80 Å². The van der Waals surface area contributed by atoms with Gasteiger partial charge < -0.3 is 15.1 Å². The van der Waals surface area contributed by atoms with Crippen molar-refractivity contribution < 1.29 is 29.4 Å². The highest BCUT2D eigenvalue weighted by molar-refractivity contribution is 6.30. The summed E-state index contributed by atoms with van der Waals surface area (Å²) in [6, 6.07) is 4.08. The molecule has 9 heteroatoms. The van der Waals surface area contributed by atoms with Gasteiger partial charge in [-0.1, -0.05) is 30.3 Å². The summed E-state index contributed by atoms with van der Waals surface area (Å²) in [5.41, 5.74) is -0.221. The van der Waals surface area contributed by atoms with Gasteiger partial charge in [-0.3, -0.25) is 19.3 Å². The molecule has 8 nitrogen and oxygen atoms in total. The maximum Gasteiger partial charge on any atom is 0.332 e. The van der Waals surface area contributed by atoms with Crippen molar-refractivity contribution >= 4 is 35.3 Å². The van der Waals surface area contributed by atoms with Crippen LogP contribution in [0.15, 0.2) is 36.4 Å². The fourth-order valence-electron chi connectivity index (χ4n) is 3.09. The van der Waals surface area contributed by atoms with Crippen LogP contribution in [-0.2, 0) is 14.3 Å². The van der Waals surface area contributed by atoms with Crippen LogP contribution in [0, 0.1) is 0 Å². The summed E-state index contributed by atoms with van der Waals surface area (Å²) < 4.78 is 4.68. The summed E-state index contributed by atoms with van der Waals surface area (Å²) in [7, 11) is 1.19. The molecule has 2 aliphatic rings. The second kappa shape index (κ2) is 6.89. The molecule has 1 fully saturated rings. The van der Waals surface area contributed by atoms with E-state index in [-0.39, 0.29) is 16.6 Å². The number of halogens is 1. The van der Waals surface area contributed by atoms with Gasteiger partial charge in [-0.15, -0.1) is 0 Å². The SMILES string of the molecule is C=C(C)C(C(=O)OC)N1C(=O)[C@H](N2C(=O)c3ccccc3C2=O)[C@@H]1Cl.O. The van der Waals surface area contributed by atoms with Gasteiger partial charge in [0, 0.05) is 0 Å². The van der Waals surface area contributed by atoms with Crippen LogP contribution in [0.4, 0.5) is 0 Å². The molecule has 1 saturated heterocycles. The van der Waals surface area contributed by atoms with E-state index in [2.05, 4.69) is 11.3 Å². The Bertz CT molecular complexity index is 788. The van der Waals surface area contributed by atoms with Crippen LogP contribution in [-0.4, -0.2) is 63.7 Å². The van der Waals surface area contributed by atoms with Crippen LogP contribution < -0.4 is 0 Å². The van der Waals surface area contributed by atoms with E-state index < -0.39 is 41.3 Å². The van der Waals surface area contributed by atoms with Gasteiger partial charge in [0.05, 0.1) is 18.2 Å². The number of carbonyl (C=O) groups is 4. The van der Waals surface area contributed by atoms with E-state index in [1.54, 1.807) is 19.1 Å². The molecule has 0 aliphatic carbocycles. The van der Waals surface area contributed by atoms with E-state index in [4.69, 9.17) is 11.6 Å². The Morgan fingerprint density at radius 3 is 2.08 bits per heavy atom. The molecular formula is C17H17ClN2O6. The Kier molecular flexibility index (Phi) is 5.20. The number of carbonyl (C=O) groups excluding carboxylic acids is 4. The lowest BCUT2D eigenvalue weighted by atomic mass is 9.98. The number of esters is 1. The van der Waals surface area contributed by atoms with E-state index in [1.165, 1.54) is 19.2 Å². The van der Waals surface area contributed by atoms with Crippen molar-refractivity contribution in [3.8, 4) is 0 Å². The molecule has 0 radical (unpaired) electrons. The first-order valence-corrected chi connectivity index (χ1v) is 7.91. The molecule has 3 amide bonds. The first kappa shape index (κ1) is 19.6. The Labute approximate surface area is 154 Å². The number of imide groups is 1. The van der Waals surface area contributed by atoms with Gasteiger partial charge in [0.2, 0.25) is 0 Å². The minimum Gasteiger partial charge on any atom is -0.467 e. The summed E-state index contributed by atoms with van der Waals surface area (Å²) >= 11 is 6.28. The van der Waals surface area contributed by atoms with Crippen LogP contribution in [0.25, 0.3) is 0 Å². The lowest BCUT2D eigenvalue weighted by molar-refractivity contribution is -0.163. The standard InChI is InChI=1S/C17H15ClN2O5.H2O/c1-8(2)11(17(24)25-3)19-13(18)12(16(19)23)20-14(21)9-6-4-5-7-10(9)15(20)22;/h4-7,11-13H,1H2,2-3H3;1H2/t11?,12-,13-;/m1./s1. The van der Waals surface area contributed by atoms with Crippen molar-refractivity contribution in [3.05, 3.63) is 47.5 Å². The van der Waals surface area contributed by atoms with Crippen LogP contribution in [0.1, 0.15) is 27.6 Å². The van der Waals surface area contributed by atoms with E-state index in [0.29, 0.717) is 5.57 Å². The number of amides is 3. The highest BCUT2D eigenvalue weighted by Gasteiger charge is 2.58. The molecule has 3 atom stereocenters. The predicted octanol–water partition coefficient (Wildman–Crippen LogP) is 0.351. The smallest absolute Gasteiger partial charge is 0.332 e. The zero-order chi connectivity index (χ0) is 18.5. The average Bonchev–Trinajstić information content (AvgIpc) is 2.84. The lowest BCUT2D eigenvalue weighted by Crippen LogP contribution is -2.73. The van der Waals surface area contributed by atoms with Crippen molar-refractivity contribution in [1.82, 2.24) is 9.80 Å². The van der Waals surface area contributed by atoms with Crippen molar-refractivity contribution in [3.63, 3.8) is 0 Å². The number of nitrogens with zero attached hydrogens (tertiary/aromatic N) is 2. The van der Waals surface area contributed by atoms with E-state index in [1.807, 2.05) is 0 Å². The summed E-state index contributed by atoms with van der Waals surface area (Å²) in [5, 5.41) is 0. The van der Waals surface area contributed by atoms with Gasteiger partial charge >= 0.3 is 5.97 Å². The molecule has 0 aromatic heterocycles. The average molecular weight is 381 g/mol. The molecule has 0 spiro atoms. The molecule has 1 unspecified atom stereocenters. The van der Waals surface area contributed by atoms with Crippen LogP contribution in [0.2, 0.25) is 0 Å². The Morgan fingerprint density at radius 1 is 1.19 bits per heavy atom. The quantitative estimate of drug-likeness (QED) is 0.187. The molecule has 2 aliphatic heterocycles. The third-order valence-corrected chi connectivity index (χ3v) is 4.76. The number of β-lactam (4-membered cyclic amide) rings is 1. The number of hydrogen-bond donors (Lipinski definition) is 0. The van der Waals surface area contributed by atoms with Gasteiger partial charge in [-0.25, -0.2) is 4.79 Å². The van der Waals surface area contributed by atoms with Crippen molar-refractivity contribution in [1.29, 1.82) is 0 Å². The molecule has 1 aromatic carbocycles. The summed E-state index contributed by atoms with van der Waals surface area (Å²) in [4.78, 5) is 51.5. The summed E-state index contributed by atoms with van der Waals surface area (Å²) in [6.07, 6.45) is 0. The molecular weight excluding hydrogens is 364 g/mol. The van der Waals surface area contributed by atoms with Crippen LogP contribution in [0.5, 0.6) is 0 Å². The number of alkyl halides is 1. The number of ether oxygens (including phenoxy) is 1. The fraction of sp³-hybridized carbons (Fsp3) is 0.294. The number of fused-ring (bicyclic) bond motifs is 1. The highest BCUT2D eigenvalue weighted by atomic mass is 35.5. The van der Waals surface area contributed by atoms with Crippen molar-refractivity contribution in [2.45, 2.75) is 24.5 Å². The second-order valence-electron chi connectivity index (χ2n) is 5.86. The summed E-state index contributed by atoms with van der Waals surface area (Å²) in [6.45, 7) is 5.24. The van der Waals surface area contributed by atoms with Gasteiger partial charge in [0.25, 0.3) is 17.7 Å². The maximum absolute atomic E-state index is 12.6. The largest absolute Gasteiger partial charge is 0.467 e.